The Morgan fingerprint density at radius 3 is 2.43 bits per heavy atom. The molecule has 3 amide bonds. The molecule has 1 N–H and O–H groups in total. The van der Waals surface area contributed by atoms with E-state index in [9.17, 15) is 9.59 Å². The van der Waals surface area contributed by atoms with Crippen molar-refractivity contribution < 1.29 is 14.0 Å². The number of rotatable bonds is 4. The van der Waals surface area contributed by atoms with Crippen molar-refractivity contribution in [1.29, 1.82) is 0 Å². The highest BCUT2D eigenvalue weighted by atomic mass is 79.9. The highest BCUT2D eigenvalue weighted by Gasteiger charge is 2.33. The minimum Gasteiger partial charge on any atom is -0.441 e. The van der Waals surface area contributed by atoms with Crippen molar-refractivity contribution >= 4 is 39.8 Å². The van der Waals surface area contributed by atoms with E-state index in [1.165, 1.54) is 17.7 Å². The van der Waals surface area contributed by atoms with E-state index in [2.05, 4.69) is 26.1 Å². The lowest BCUT2D eigenvalue weighted by atomic mass is 10.2. The molecule has 146 valence electrons. The van der Waals surface area contributed by atoms with Crippen LogP contribution in [-0.4, -0.2) is 29.9 Å². The average molecular weight is 444 g/mol. The fourth-order valence-electron chi connectivity index (χ4n) is 3.51. The summed E-state index contributed by atoms with van der Waals surface area (Å²) in [5.41, 5.74) is 1.12. The number of furan rings is 1. The Morgan fingerprint density at radius 2 is 1.71 bits per heavy atom. The molecule has 28 heavy (non-hydrogen) atoms. The molecule has 7 heteroatoms. The molecule has 0 spiro atoms. The van der Waals surface area contributed by atoms with E-state index in [0.717, 1.165) is 41.9 Å². The summed E-state index contributed by atoms with van der Waals surface area (Å²) >= 11 is 3.38. The third-order valence-corrected chi connectivity index (χ3v) is 5.56. The number of benzene rings is 1. The fourth-order valence-corrected chi connectivity index (χ4v) is 3.78. The number of carbonyl (C=O) groups excluding carboxylic acids is 2. The second kappa shape index (κ2) is 8.22. The van der Waals surface area contributed by atoms with E-state index < -0.39 is 6.03 Å². The summed E-state index contributed by atoms with van der Waals surface area (Å²) in [5.74, 6) is 1.03. The van der Waals surface area contributed by atoms with Crippen molar-refractivity contribution in [1.82, 2.24) is 10.2 Å². The van der Waals surface area contributed by atoms with Gasteiger partial charge in [-0.3, -0.25) is 9.69 Å². The maximum absolute atomic E-state index is 12.7. The third-order valence-electron chi connectivity index (χ3n) is 5.03. The molecule has 0 aliphatic carbocycles. The molecule has 0 atom stereocenters. The zero-order valence-corrected chi connectivity index (χ0v) is 17.1. The Bertz CT molecular complexity index is 896. The van der Waals surface area contributed by atoms with Crippen LogP contribution < -0.4 is 10.2 Å². The number of hydrogen-bond acceptors (Lipinski definition) is 4. The molecule has 2 aliphatic rings. The number of halogens is 1. The molecule has 6 nitrogen and oxygen atoms in total. The van der Waals surface area contributed by atoms with Gasteiger partial charge in [-0.25, -0.2) is 4.79 Å². The van der Waals surface area contributed by atoms with Crippen LogP contribution in [0.15, 0.2) is 51.0 Å². The molecule has 1 aromatic carbocycles. The normalized spacial score (nSPS) is 19.2. The second-order valence-electron chi connectivity index (χ2n) is 7.08. The number of amides is 3. The predicted molar refractivity (Wildman–Crippen MR) is 111 cm³/mol. The topological polar surface area (TPSA) is 65.8 Å². The molecule has 0 bridgehead atoms. The molecular weight excluding hydrogens is 422 g/mol. The van der Waals surface area contributed by atoms with Crippen LogP contribution in [0.25, 0.3) is 6.08 Å². The van der Waals surface area contributed by atoms with Gasteiger partial charge in [0.05, 0.1) is 6.54 Å². The monoisotopic (exact) mass is 443 g/mol. The maximum Gasteiger partial charge on any atom is 0.329 e. The van der Waals surface area contributed by atoms with Gasteiger partial charge in [0.1, 0.15) is 11.5 Å². The minimum atomic E-state index is -0.418. The number of imide groups is 1. The number of urea groups is 1. The Morgan fingerprint density at radius 1 is 1.00 bits per heavy atom. The first-order valence-electron chi connectivity index (χ1n) is 9.54. The fraction of sp³-hybridized carbons (Fsp3) is 0.333. The Balaban J connectivity index is 1.47. The van der Waals surface area contributed by atoms with Crippen LogP contribution in [0, 0.1) is 0 Å². The van der Waals surface area contributed by atoms with Gasteiger partial charge >= 0.3 is 6.03 Å². The van der Waals surface area contributed by atoms with E-state index in [1.54, 1.807) is 6.08 Å². The molecule has 4 rings (SSSR count). The van der Waals surface area contributed by atoms with Gasteiger partial charge < -0.3 is 14.6 Å². The molecule has 3 heterocycles. The molecular formula is C21H22BrN3O3. The van der Waals surface area contributed by atoms with Crippen molar-refractivity contribution in [3.8, 4) is 0 Å². The Kier molecular flexibility index (Phi) is 5.52. The maximum atomic E-state index is 12.7. The smallest absolute Gasteiger partial charge is 0.329 e. The van der Waals surface area contributed by atoms with Crippen LogP contribution in [0.1, 0.15) is 37.0 Å². The molecule has 2 aliphatic heterocycles. The second-order valence-corrected chi connectivity index (χ2v) is 8.00. The van der Waals surface area contributed by atoms with E-state index in [4.69, 9.17) is 4.42 Å². The standard InChI is InChI=1S/C21H22BrN3O3/c22-16-7-5-15(6-8-16)14-25-20(26)18(23-21(25)27)13-17-9-10-19(28-17)24-11-3-1-2-4-12-24/h5-10,13H,1-4,11-12,14H2,(H,23,27)/b18-13+. The SMILES string of the molecule is O=C1N/C(=C/c2ccc(N3CCCCCC3)o2)C(=O)N1Cc1ccc(Br)cc1. The first kappa shape index (κ1) is 18.8. The number of hydrogen-bond donors (Lipinski definition) is 1. The van der Waals surface area contributed by atoms with Crippen molar-refractivity contribution in [2.24, 2.45) is 0 Å². The Hall–Kier alpha value is -2.54. The first-order valence-corrected chi connectivity index (χ1v) is 10.3. The van der Waals surface area contributed by atoms with Gasteiger partial charge in [0.15, 0.2) is 5.88 Å². The predicted octanol–water partition coefficient (Wildman–Crippen LogP) is 4.52. The molecule has 1 aromatic heterocycles. The zero-order chi connectivity index (χ0) is 19.5. The highest BCUT2D eigenvalue weighted by molar-refractivity contribution is 9.10. The van der Waals surface area contributed by atoms with Crippen LogP contribution in [0.5, 0.6) is 0 Å². The quantitative estimate of drug-likeness (QED) is 0.557. The van der Waals surface area contributed by atoms with Crippen LogP contribution in [0.4, 0.5) is 10.7 Å². The zero-order valence-electron chi connectivity index (χ0n) is 15.5. The summed E-state index contributed by atoms with van der Waals surface area (Å²) in [7, 11) is 0. The van der Waals surface area contributed by atoms with Gasteiger partial charge in [-0.05, 0) is 36.6 Å². The van der Waals surface area contributed by atoms with Crippen LogP contribution in [-0.2, 0) is 11.3 Å². The summed E-state index contributed by atoms with van der Waals surface area (Å²) in [6.07, 6.45) is 6.43. The van der Waals surface area contributed by atoms with Crippen LogP contribution >= 0.6 is 15.9 Å². The van der Waals surface area contributed by atoms with Crippen molar-refractivity contribution in [2.75, 3.05) is 18.0 Å². The molecule has 0 radical (unpaired) electrons. The first-order chi connectivity index (χ1) is 13.6. The van der Waals surface area contributed by atoms with Gasteiger partial charge in [-0.2, -0.15) is 0 Å². The lowest BCUT2D eigenvalue weighted by Crippen LogP contribution is -2.30. The van der Waals surface area contributed by atoms with Gasteiger partial charge in [0.2, 0.25) is 0 Å². The number of carbonyl (C=O) groups is 2. The molecule has 2 fully saturated rings. The minimum absolute atomic E-state index is 0.229. The van der Waals surface area contributed by atoms with Crippen molar-refractivity contribution in [3.05, 3.63) is 57.9 Å². The summed E-state index contributed by atoms with van der Waals surface area (Å²) in [6.45, 7) is 2.20. The van der Waals surface area contributed by atoms with Gasteiger partial charge in [-0.1, -0.05) is 40.9 Å². The lowest BCUT2D eigenvalue weighted by molar-refractivity contribution is -0.123. The van der Waals surface area contributed by atoms with E-state index in [1.807, 2.05) is 36.4 Å². The number of nitrogens with one attached hydrogen (secondary N) is 1. The summed E-state index contributed by atoms with van der Waals surface area (Å²) < 4.78 is 6.86. The van der Waals surface area contributed by atoms with Crippen LogP contribution in [0.3, 0.4) is 0 Å². The molecule has 0 unspecified atom stereocenters. The highest BCUT2D eigenvalue weighted by Crippen LogP contribution is 2.25. The lowest BCUT2D eigenvalue weighted by Gasteiger charge is -2.18. The van der Waals surface area contributed by atoms with Crippen LogP contribution in [0.2, 0.25) is 0 Å². The van der Waals surface area contributed by atoms with Crippen molar-refractivity contribution in [2.45, 2.75) is 32.2 Å². The van der Waals surface area contributed by atoms with Gasteiger partial charge in [0, 0.05) is 29.7 Å². The van der Waals surface area contributed by atoms with Crippen molar-refractivity contribution in [3.63, 3.8) is 0 Å². The molecule has 0 saturated carbocycles. The molecule has 2 aromatic rings. The Labute approximate surface area is 172 Å². The van der Waals surface area contributed by atoms with E-state index >= 15 is 0 Å². The summed E-state index contributed by atoms with van der Waals surface area (Å²) in [4.78, 5) is 28.4. The van der Waals surface area contributed by atoms with Gasteiger partial charge in [-0.15, -0.1) is 0 Å². The van der Waals surface area contributed by atoms with E-state index in [-0.39, 0.29) is 18.1 Å². The largest absolute Gasteiger partial charge is 0.441 e. The number of anilines is 1. The molecule has 2 saturated heterocycles. The van der Waals surface area contributed by atoms with Gasteiger partial charge in [0.25, 0.3) is 5.91 Å². The average Bonchev–Trinajstić information content (AvgIpc) is 3.12. The third kappa shape index (κ3) is 4.14. The van der Waals surface area contributed by atoms with E-state index in [0.29, 0.717) is 5.76 Å². The summed E-state index contributed by atoms with van der Waals surface area (Å²) in [5, 5.41) is 2.65. The number of nitrogens with zero attached hydrogens (tertiary/aromatic N) is 2. The summed E-state index contributed by atoms with van der Waals surface area (Å²) in [6, 6.07) is 10.9.